The third-order valence-corrected chi connectivity index (χ3v) is 2.55. The third-order valence-electron chi connectivity index (χ3n) is 2.55. The number of para-hydroxylation sites is 1. The summed E-state index contributed by atoms with van der Waals surface area (Å²) in [6.45, 7) is 4.14. The number of nitrogens with zero attached hydrogens (tertiary/aromatic N) is 1. The van der Waals surface area contributed by atoms with Crippen LogP contribution >= 0.6 is 0 Å². The second-order valence-corrected chi connectivity index (χ2v) is 3.81. The maximum absolute atomic E-state index is 11.7. The Labute approximate surface area is 97.0 Å². The Bertz CT molecular complexity index is 324. The van der Waals surface area contributed by atoms with Gasteiger partial charge in [-0.15, -0.1) is 0 Å². The Morgan fingerprint density at radius 1 is 1.38 bits per heavy atom. The second-order valence-electron chi connectivity index (χ2n) is 3.81. The zero-order valence-electron chi connectivity index (χ0n) is 10.1. The van der Waals surface area contributed by atoms with Gasteiger partial charge in [-0.25, -0.2) is 4.79 Å². The zero-order valence-corrected chi connectivity index (χ0v) is 10.1. The fourth-order valence-corrected chi connectivity index (χ4v) is 1.77. The van der Waals surface area contributed by atoms with Gasteiger partial charge < -0.3 is 4.74 Å². The summed E-state index contributed by atoms with van der Waals surface area (Å²) in [6, 6.07) is 9.77. The fraction of sp³-hybridized carbons (Fsp3) is 0.462. The minimum Gasteiger partial charge on any atom is -0.452 e. The Hall–Kier alpha value is -1.51. The molecule has 0 radical (unpaired) electrons. The molecule has 0 saturated carbocycles. The molecule has 1 rings (SSSR count). The first-order valence-electron chi connectivity index (χ1n) is 5.63. The van der Waals surface area contributed by atoms with E-state index in [2.05, 4.69) is 6.92 Å². The number of amides is 1. The van der Waals surface area contributed by atoms with Gasteiger partial charge >= 0.3 is 6.09 Å². The van der Waals surface area contributed by atoms with Gasteiger partial charge in [0.2, 0.25) is 0 Å². The standard InChI is InChI=1S/C13H19NO2/c1-4-8-11(2)14(13(15)16-3)12-9-6-5-7-10-12/h5-7,9-11H,4,8H2,1-3H3. The number of carbonyl (C=O) groups is 1. The molecule has 0 saturated heterocycles. The van der Waals surface area contributed by atoms with Crippen LogP contribution in [0.4, 0.5) is 10.5 Å². The van der Waals surface area contributed by atoms with Crippen molar-refractivity contribution in [3.8, 4) is 0 Å². The van der Waals surface area contributed by atoms with Gasteiger partial charge in [0, 0.05) is 11.7 Å². The van der Waals surface area contributed by atoms with Crippen LogP contribution in [-0.4, -0.2) is 19.2 Å². The molecule has 3 heteroatoms. The molecule has 0 bridgehead atoms. The lowest BCUT2D eigenvalue weighted by Crippen LogP contribution is -2.38. The predicted octanol–water partition coefficient (Wildman–Crippen LogP) is 3.45. The normalized spacial score (nSPS) is 11.9. The maximum Gasteiger partial charge on any atom is 0.414 e. The van der Waals surface area contributed by atoms with Crippen molar-refractivity contribution in [3.63, 3.8) is 0 Å². The van der Waals surface area contributed by atoms with Gasteiger partial charge in [0.25, 0.3) is 0 Å². The van der Waals surface area contributed by atoms with Crippen molar-refractivity contribution in [2.24, 2.45) is 0 Å². The summed E-state index contributed by atoms with van der Waals surface area (Å²) in [5, 5.41) is 0. The minimum atomic E-state index is -0.299. The van der Waals surface area contributed by atoms with Gasteiger partial charge in [0.15, 0.2) is 0 Å². The fourth-order valence-electron chi connectivity index (χ4n) is 1.77. The molecule has 1 aromatic carbocycles. The van der Waals surface area contributed by atoms with Crippen LogP contribution in [-0.2, 0) is 4.74 Å². The Kier molecular flexibility index (Phi) is 4.83. The molecular weight excluding hydrogens is 202 g/mol. The molecule has 0 fully saturated rings. The highest BCUT2D eigenvalue weighted by molar-refractivity contribution is 5.88. The van der Waals surface area contributed by atoms with Crippen LogP contribution < -0.4 is 4.90 Å². The van der Waals surface area contributed by atoms with Crippen LogP contribution in [0, 0.1) is 0 Å². The average molecular weight is 221 g/mol. The summed E-state index contributed by atoms with van der Waals surface area (Å²) < 4.78 is 4.82. The van der Waals surface area contributed by atoms with Gasteiger partial charge in [0.1, 0.15) is 0 Å². The topological polar surface area (TPSA) is 29.5 Å². The summed E-state index contributed by atoms with van der Waals surface area (Å²) in [6.07, 6.45) is 1.71. The van der Waals surface area contributed by atoms with E-state index in [1.807, 2.05) is 37.3 Å². The SMILES string of the molecule is CCCC(C)N(C(=O)OC)c1ccccc1. The van der Waals surface area contributed by atoms with Gasteiger partial charge in [0.05, 0.1) is 7.11 Å². The number of hydrogen-bond acceptors (Lipinski definition) is 2. The number of benzene rings is 1. The molecule has 88 valence electrons. The molecule has 1 amide bonds. The number of ether oxygens (including phenoxy) is 1. The lowest BCUT2D eigenvalue weighted by Gasteiger charge is -2.27. The van der Waals surface area contributed by atoms with Crippen molar-refractivity contribution in [2.75, 3.05) is 12.0 Å². The molecule has 0 aromatic heterocycles. The van der Waals surface area contributed by atoms with Gasteiger partial charge in [-0.3, -0.25) is 4.90 Å². The molecule has 0 aliphatic carbocycles. The molecule has 0 aliphatic rings. The highest BCUT2D eigenvalue weighted by Gasteiger charge is 2.21. The van der Waals surface area contributed by atoms with Gasteiger partial charge in [-0.2, -0.15) is 0 Å². The molecule has 0 spiro atoms. The van der Waals surface area contributed by atoms with Crippen molar-refractivity contribution >= 4 is 11.8 Å². The highest BCUT2D eigenvalue weighted by atomic mass is 16.5. The molecule has 3 nitrogen and oxygen atoms in total. The number of carbonyl (C=O) groups excluding carboxylic acids is 1. The Morgan fingerprint density at radius 3 is 2.50 bits per heavy atom. The lowest BCUT2D eigenvalue weighted by atomic mass is 10.1. The first-order chi connectivity index (χ1) is 7.70. The van der Waals surface area contributed by atoms with E-state index in [9.17, 15) is 4.79 Å². The predicted molar refractivity (Wildman–Crippen MR) is 65.7 cm³/mol. The Morgan fingerprint density at radius 2 is 2.00 bits per heavy atom. The summed E-state index contributed by atoms with van der Waals surface area (Å²) in [4.78, 5) is 13.4. The van der Waals surface area contributed by atoms with E-state index in [0.717, 1.165) is 18.5 Å². The minimum absolute atomic E-state index is 0.153. The van der Waals surface area contributed by atoms with Crippen LogP contribution in [0.1, 0.15) is 26.7 Å². The lowest BCUT2D eigenvalue weighted by molar-refractivity contribution is 0.176. The van der Waals surface area contributed by atoms with Gasteiger partial charge in [-0.05, 0) is 25.5 Å². The van der Waals surface area contributed by atoms with Crippen molar-refractivity contribution in [1.82, 2.24) is 0 Å². The summed E-state index contributed by atoms with van der Waals surface area (Å²) in [5.74, 6) is 0. The molecule has 0 heterocycles. The monoisotopic (exact) mass is 221 g/mol. The molecule has 16 heavy (non-hydrogen) atoms. The largest absolute Gasteiger partial charge is 0.452 e. The van der Waals surface area contributed by atoms with Crippen LogP contribution in [0.2, 0.25) is 0 Å². The van der Waals surface area contributed by atoms with Gasteiger partial charge in [-0.1, -0.05) is 31.5 Å². The number of anilines is 1. The van der Waals surface area contributed by atoms with Crippen molar-refractivity contribution in [2.45, 2.75) is 32.7 Å². The van der Waals surface area contributed by atoms with Crippen molar-refractivity contribution in [1.29, 1.82) is 0 Å². The van der Waals surface area contributed by atoms with E-state index in [1.54, 1.807) is 4.90 Å². The molecule has 1 unspecified atom stereocenters. The smallest absolute Gasteiger partial charge is 0.414 e. The molecule has 0 N–H and O–H groups in total. The summed E-state index contributed by atoms with van der Waals surface area (Å²) in [5.41, 5.74) is 0.885. The zero-order chi connectivity index (χ0) is 12.0. The number of hydrogen-bond donors (Lipinski definition) is 0. The quantitative estimate of drug-likeness (QED) is 0.779. The maximum atomic E-state index is 11.7. The third kappa shape index (κ3) is 2.99. The number of methoxy groups -OCH3 is 1. The average Bonchev–Trinajstić information content (AvgIpc) is 2.31. The first-order valence-corrected chi connectivity index (χ1v) is 5.63. The molecule has 1 aromatic rings. The Balaban J connectivity index is 2.92. The van der Waals surface area contributed by atoms with E-state index in [0.29, 0.717) is 0 Å². The van der Waals surface area contributed by atoms with E-state index in [1.165, 1.54) is 7.11 Å². The van der Waals surface area contributed by atoms with Crippen LogP contribution in [0.5, 0.6) is 0 Å². The van der Waals surface area contributed by atoms with Crippen LogP contribution in [0.25, 0.3) is 0 Å². The van der Waals surface area contributed by atoms with E-state index in [-0.39, 0.29) is 12.1 Å². The van der Waals surface area contributed by atoms with Crippen LogP contribution in [0.3, 0.4) is 0 Å². The first kappa shape index (κ1) is 12.6. The summed E-state index contributed by atoms with van der Waals surface area (Å²) >= 11 is 0. The van der Waals surface area contributed by atoms with Crippen molar-refractivity contribution < 1.29 is 9.53 Å². The van der Waals surface area contributed by atoms with E-state index in [4.69, 9.17) is 4.74 Å². The molecule has 0 aliphatic heterocycles. The summed E-state index contributed by atoms with van der Waals surface area (Å²) in [7, 11) is 1.41. The highest BCUT2D eigenvalue weighted by Crippen LogP contribution is 2.19. The second kappa shape index (κ2) is 6.16. The van der Waals surface area contributed by atoms with E-state index >= 15 is 0 Å². The van der Waals surface area contributed by atoms with Crippen molar-refractivity contribution in [3.05, 3.63) is 30.3 Å². The van der Waals surface area contributed by atoms with E-state index < -0.39 is 0 Å². The van der Waals surface area contributed by atoms with Crippen LogP contribution in [0.15, 0.2) is 30.3 Å². The molecule has 1 atom stereocenters. The number of rotatable bonds is 4. The molecular formula is C13H19NO2.